The summed E-state index contributed by atoms with van der Waals surface area (Å²) in [5.74, 6) is 0.808. The number of carbonyl (C=O) groups is 2. The molecular weight excluding hydrogens is 538 g/mol. The first kappa shape index (κ1) is 30.7. The van der Waals surface area contributed by atoms with Gasteiger partial charge >= 0.3 is 0 Å². The fraction of sp³-hybridized carbons (Fsp3) is 0.429. The molecule has 0 radical (unpaired) electrons. The Morgan fingerprint density at radius 1 is 1.18 bits per heavy atom. The molecule has 0 fully saturated rings. The first-order valence-electron chi connectivity index (χ1n) is 13.1. The predicted molar refractivity (Wildman–Crippen MR) is 150 cm³/mol. The Morgan fingerprint density at radius 2 is 2.00 bits per heavy atom. The Kier molecular flexibility index (Phi) is 12.5. The number of amides is 2. The van der Waals surface area contributed by atoms with Crippen molar-refractivity contribution in [3.8, 4) is 23.3 Å². The second-order valence-corrected chi connectivity index (χ2v) is 9.43. The van der Waals surface area contributed by atoms with Gasteiger partial charge in [-0.3, -0.25) is 9.59 Å². The molecule has 0 saturated carbocycles. The Morgan fingerprint density at radius 3 is 2.73 bits per heavy atom. The summed E-state index contributed by atoms with van der Waals surface area (Å²) in [6.07, 6.45) is 1.73. The van der Waals surface area contributed by atoms with Crippen LogP contribution in [0.15, 0.2) is 41.5 Å². The summed E-state index contributed by atoms with van der Waals surface area (Å²) in [4.78, 5) is 23.4. The van der Waals surface area contributed by atoms with Gasteiger partial charge in [0.25, 0.3) is 5.91 Å². The summed E-state index contributed by atoms with van der Waals surface area (Å²) in [6.45, 7) is 3.85. The van der Waals surface area contributed by atoms with Gasteiger partial charge in [-0.2, -0.15) is 10.4 Å². The Hall–Kier alpha value is -3.85. The highest BCUT2D eigenvalue weighted by atomic mass is 35.5. The summed E-state index contributed by atoms with van der Waals surface area (Å²) in [7, 11) is 0. The lowest BCUT2D eigenvalue weighted by atomic mass is 10.0. The van der Waals surface area contributed by atoms with E-state index in [1.54, 1.807) is 36.4 Å². The van der Waals surface area contributed by atoms with Gasteiger partial charge in [-0.05, 0) is 55.3 Å². The zero-order valence-electron chi connectivity index (χ0n) is 22.4. The third-order valence-corrected chi connectivity index (χ3v) is 6.05. The summed E-state index contributed by atoms with van der Waals surface area (Å²) in [6, 6.07) is 12.1. The van der Waals surface area contributed by atoms with Crippen molar-refractivity contribution < 1.29 is 28.9 Å². The number of nitrogens with zero attached hydrogens (tertiary/aromatic N) is 2. The summed E-state index contributed by atoms with van der Waals surface area (Å²) >= 11 is 6.29. The van der Waals surface area contributed by atoms with Crippen molar-refractivity contribution in [1.82, 2.24) is 16.1 Å². The van der Waals surface area contributed by atoms with Crippen LogP contribution in [0, 0.1) is 11.3 Å². The zero-order chi connectivity index (χ0) is 28.7. The van der Waals surface area contributed by atoms with Crippen LogP contribution in [0.3, 0.4) is 0 Å². The van der Waals surface area contributed by atoms with Gasteiger partial charge in [-0.1, -0.05) is 18.5 Å². The molecule has 0 aromatic heterocycles. The van der Waals surface area contributed by atoms with Gasteiger partial charge in [0, 0.05) is 32.0 Å². The lowest BCUT2D eigenvalue weighted by Gasteiger charge is -2.14. The molecule has 1 heterocycles. The summed E-state index contributed by atoms with van der Waals surface area (Å²) in [5, 5.41) is 29.7. The van der Waals surface area contributed by atoms with E-state index < -0.39 is 6.10 Å². The van der Waals surface area contributed by atoms with Crippen LogP contribution in [0.2, 0.25) is 5.02 Å². The van der Waals surface area contributed by atoms with Gasteiger partial charge in [-0.15, -0.1) is 0 Å². The van der Waals surface area contributed by atoms with Crippen LogP contribution in [0.25, 0.3) is 0 Å². The molecule has 4 N–H and O–H groups in total. The Bertz CT molecular complexity index is 1230. The van der Waals surface area contributed by atoms with E-state index in [0.29, 0.717) is 60.2 Å². The van der Waals surface area contributed by atoms with Crippen molar-refractivity contribution in [3.05, 3.63) is 52.5 Å². The quantitative estimate of drug-likeness (QED) is 0.224. The summed E-state index contributed by atoms with van der Waals surface area (Å²) in [5.41, 5.74) is 4.27. The van der Waals surface area contributed by atoms with Crippen molar-refractivity contribution in [1.29, 1.82) is 5.26 Å². The molecule has 2 amide bonds. The molecule has 1 aliphatic rings. The lowest BCUT2D eigenvalue weighted by Crippen LogP contribution is -2.31. The molecule has 214 valence electrons. The van der Waals surface area contributed by atoms with E-state index in [2.05, 4.69) is 27.2 Å². The van der Waals surface area contributed by atoms with Crippen molar-refractivity contribution >= 4 is 29.1 Å². The fourth-order valence-electron chi connectivity index (χ4n) is 3.67. The number of aliphatic hydroxyl groups excluding tert-OH is 1. The number of ether oxygens (including phenoxy) is 3. The first-order valence-corrected chi connectivity index (χ1v) is 13.5. The van der Waals surface area contributed by atoms with Crippen LogP contribution in [-0.2, 0) is 9.59 Å². The Balaban J connectivity index is 1.35. The molecule has 12 heteroatoms. The van der Waals surface area contributed by atoms with E-state index in [4.69, 9.17) is 25.8 Å². The number of aliphatic hydroxyl groups is 1. The van der Waals surface area contributed by atoms with Crippen LogP contribution in [0.4, 0.5) is 0 Å². The molecule has 2 aromatic rings. The van der Waals surface area contributed by atoms with E-state index in [1.165, 1.54) is 0 Å². The smallest absolute Gasteiger partial charge is 0.257 e. The van der Waals surface area contributed by atoms with E-state index >= 15 is 0 Å². The minimum atomic E-state index is -0.653. The SMILES string of the molecule is CCCNC[C@@H](O)COc1ccc(OCCCNC(=O)COc2ccc(C3=NNC(=O)CC3)cc2Cl)c(C#N)c1. The van der Waals surface area contributed by atoms with Crippen molar-refractivity contribution in [2.24, 2.45) is 5.10 Å². The largest absolute Gasteiger partial charge is 0.492 e. The second kappa shape index (κ2) is 16.3. The highest BCUT2D eigenvalue weighted by molar-refractivity contribution is 6.32. The van der Waals surface area contributed by atoms with Gasteiger partial charge in [0.2, 0.25) is 5.91 Å². The van der Waals surface area contributed by atoms with Crippen LogP contribution < -0.4 is 30.3 Å². The highest BCUT2D eigenvalue weighted by Gasteiger charge is 2.15. The van der Waals surface area contributed by atoms with E-state index in [0.717, 1.165) is 24.2 Å². The van der Waals surface area contributed by atoms with Gasteiger partial charge in [-0.25, -0.2) is 5.43 Å². The third-order valence-electron chi connectivity index (χ3n) is 5.75. The molecule has 0 bridgehead atoms. The molecule has 3 rings (SSSR count). The van der Waals surface area contributed by atoms with Crippen molar-refractivity contribution in [2.45, 2.75) is 38.7 Å². The van der Waals surface area contributed by atoms with Crippen molar-refractivity contribution in [3.63, 3.8) is 0 Å². The maximum atomic E-state index is 12.2. The predicted octanol–water partition coefficient (Wildman–Crippen LogP) is 2.53. The molecule has 2 aromatic carbocycles. The maximum absolute atomic E-state index is 12.2. The molecule has 0 aliphatic carbocycles. The van der Waals surface area contributed by atoms with Crippen LogP contribution >= 0.6 is 11.6 Å². The van der Waals surface area contributed by atoms with Gasteiger partial charge in [0.05, 0.1) is 22.9 Å². The van der Waals surface area contributed by atoms with E-state index in [9.17, 15) is 20.0 Å². The van der Waals surface area contributed by atoms with Gasteiger partial charge < -0.3 is 30.0 Å². The molecule has 0 unspecified atom stereocenters. The molecule has 1 atom stereocenters. The van der Waals surface area contributed by atoms with E-state index in [-0.39, 0.29) is 31.6 Å². The van der Waals surface area contributed by atoms with Gasteiger partial charge in [0.15, 0.2) is 6.61 Å². The molecule has 0 saturated heterocycles. The summed E-state index contributed by atoms with van der Waals surface area (Å²) < 4.78 is 16.8. The first-order chi connectivity index (χ1) is 19.4. The minimum Gasteiger partial charge on any atom is -0.492 e. The topological polar surface area (TPSA) is 154 Å². The number of hydrogen-bond donors (Lipinski definition) is 4. The average molecular weight is 572 g/mol. The van der Waals surface area contributed by atoms with Crippen LogP contribution in [0.5, 0.6) is 17.2 Å². The van der Waals surface area contributed by atoms with Crippen LogP contribution in [0.1, 0.15) is 43.7 Å². The number of benzene rings is 2. The third kappa shape index (κ3) is 10.0. The highest BCUT2D eigenvalue weighted by Crippen LogP contribution is 2.27. The monoisotopic (exact) mass is 571 g/mol. The van der Waals surface area contributed by atoms with Crippen LogP contribution in [-0.4, -0.2) is 68.2 Å². The number of nitriles is 1. The molecule has 40 heavy (non-hydrogen) atoms. The number of rotatable bonds is 16. The number of hydrazone groups is 1. The zero-order valence-corrected chi connectivity index (χ0v) is 23.1. The maximum Gasteiger partial charge on any atom is 0.257 e. The fourth-order valence-corrected chi connectivity index (χ4v) is 3.90. The second-order valence-electron chi connectivity index (χ2n) is 9.02. The number of nitrogens with one attached hydrogen (secondary N) is 3. The number of hydrogen-bond acceptors (Lipinski definition) is 9. The number of halogens is 1. The minimum absolute atomic E-state index is 0.110. The standard InChI is InChI=1S/C28H34ClN5O6/c1-2-10-31-16-21(35)17-39-22-5-8-25(20(13-22)15-30)38-12-3-11-32-28(37)18-40-26-7-4-19(14-23(26)29)24-6-9-27(36)34-33-24/h4-5,7-8,13-14,21,31,35H,2-3,6,9-12,16-18H2,1H3,(H,32,37)(H,34,36)/t21-/m1/s1. The molecular formula is C28H34ClN5O6. The lowest BCUT2D eigenvalue weighted by molar-refractivity contribution is -0.123. The molecule has 0 spiro atoms. The average Bonchev–Trinajstić information content (AvgIpc) is 2.96. The Labute approximate surface area is 238 Å². The molecule has 1 aliphatic heterocycles. The molecule has 11 nitrogen and oxygen atoms in total. The normalized spacial score (nSPS) is 13.4. The van der Waals surface area contributed by atoms with Crippen molar-refractivity contribution in [2.75, 3.05) is 39.5 Å². The van der Waals surface area contributed by atoms with Gasteiger partial charge in [0.1, 0.15) is 36.0 Å². The van der Waals surface area contributed by atoms with E-state index in [1.807, 2.05) is 6.92 Å². The number of carbonyl (C=O) groups excluding carboxylic acids is 2.